The van der Waals surface area contributed by atoms with E-state index in [-0.39, 0.29) is 24.1 Å². The molecule has 0 saturated heterocycles. The van der Waals surface area contributed by atoms with Crippen molar-refractivity contribution in [3.8, 4) is 0 Å². The first-order valence-electron chi connectivity index (χ1n) is 7.84. The van der Waals surface area contributed by atoms with Gasteiger partial charge in [0, 0.05) is 17.6 Å². The van der Waals surface area contributed by atoms with E-state index >= 15 is 0 Å². The maximum Gasteiger partial charge on any atom is 0.243 e. The van der Waals surface area contributed by atoms with E-state index in [9.17, 15) is 14.0 Å². The van der Waals surface area contributed by atoms with Crippen LogP contribution in [0.4, 0.5) is 10.1 Å². The number of thioether (sulfide) groups is 1. The Hall–Kier alpha value is -2.34. The summed E-state index contributed by atoms with van der Waals surface area (Å²) in [6, 6.07) is 11.7. The number of halogens is 1. The molecular formula is C19H21FN2O2S. The van der Waals surface area contributed by atoms with Crippen molar-refractivity contribution in [1.82, 2.24) is 4.90 Å². The molecule has 2 aromatic rings. The van der Waals surface area contributed by atoms with E-state index in [4.69, 9.17) is 0 Å². The summed E-state index contributed by atoms with van der Waals surface area (Å²) in [4.78, 5) is 26.5. The average molecular weight is 360 g/mol. The van der Waals surface area contributed by atoms with Crippen LogP contribution in [0.3, 0.4) is 0 Å². The second-order valence-corrected chi connectivity index (χ2v) is 6.89. The van der Waals surface area contributed by atoms with Crippen molar-refractivity contribution in [1.29, 1.82) is 0 Å². The Morgan fingerprint density at radius 2 is 1.88 bits per heavy atom. The molecule has 0 aromatic heterocycles. The van der Waals surface area contributed by atoms with E-state index in [2.05, 4.69) is 5.32 Å². The molecule has 0 aliphatic carbocycles. The van der Waals surface area contributed by atoms with Crippen LogP contribution in [0.25, 0.3) is 0 Å². The van der Waals surface area contributed by atoms with Gasteiger partial charge in [0.25, 0.3) is 0 Å². The summed E-state index contributed by atoms with van der Waals surface area (Å²) in [7, 11) is 1.58. The van der Waals surface area contributed by atoms with Crippen molar-refractivity contribution in [3.05, 3.63) is 59.4 Å². The van der Waals surface area contributed by atoms with Crippen molar-refractivity contribution in [3.63, 3.8) is 0 Å². The fraction of sp³-hybridized carbons (Fsp3) is 0.263. The van der Waals surface area contributed by atoms with E-state index in [0.29, 0.717) is 5.69 Å². The molecule has 1 N–H and O–H groups in total. The molecule has 0 atom stereocenters. The van der Waals surface area contributed by atoms with Gasteiger partial charge in [0.2, 0.25) is 11.8 Å². The molecule has 0 saturated carbocycles. The second-order valence-electron chi connectivity index (χ2n) is 5.84. The zero-order chi connectivity index (χ0) is 18.4. The lowest BCUT2D eigenvalue weighted by molar-refractivity contribution is -0.131. The fourth-order valence-electron chi connectivity index (χ4n) is 2.13. The number of amides is 2. The highest BCUT2D eigenvalue weighted by atomic mass is 32.2. The summed E-state index contributed by atoms with van der Waals surface area (Å²) >= 11 is 1.44. The quantitative estimate of drug-likeness (QED) is 0.801. The highest BCUT2D eigenvalue weighted by Gasteiger charge is 2.14. The van der Waals surface area contributed by atoms with Gasteiger partial charge >= 0.3 is 0 Å². The molecule has 2 rings (SSSR count). The van der Waals surface area contributed by atoms with Gasteiger partial charge in [0.05, 0.1) is 12.3 Å². The van der Waals surface area contributed by atoms with Gasteiger partial charge < -0.3 is 10.2 Å². The summed E-state index contributed by atoms with van der Waals surface area (Å²) in [5, 5.41) is 2.58. The van der Waals surface area contributed by atoms with E-state index in [1.54, 1.807) is 13.1 Å². The lowest BCUT2D eigenvalue weighted by Crippen LogP contribution is -2.35. The van der Waals surface area contributed by atoms with Crippen LogP contribution in [-0.4, -0.2) is 36.1 Å². The Bertz CT molecular complexity index is 780. The lowest BCUT2D eigenvalue weighted by atomic mass is 10.1. The van der Waals surface area contributed by atoms with Crippen LogP contribution >= 0.6 is 11.8 Å². The van der Waals surface area contributed by atoms with E-state index < -0.39 is 5.82 Å². The Morgan fingerprint density at radius 1 is 1.12 bits per heavy atom. The molecule has 6 heteroatoms. The van der Waals surface area contributed by atoms with E-state index in [1.165, 1.54) is 46.0 Å². The molecule has 132 valence electrons. The molecule has 0 unspecified atom stereocenters. The summed E-state index contributed by atoms with van der Waals surface area (Å²) in [5.41, 5.74) is 2.76. The Labute approximate surface area is 151 Å². The minimum atomic E-state index is -0.424. The van der Waals surface area contributed by atoms with Gasteiger partial charge in [-0.05, 0) is 55.3 Å². The normalized spacial score (nSPS) is 10.4. The largest absolute Gasteiger partial charge is 0.336 e. The molecular weight excluding hydrogens is 339 g/mol. The number of carbonyl (C=O) groups is 2. The first kappa shape index (κ1) is 19.0. The third-order valence-corrected chi connectivity index (χ3v) is 4.73. The molecule has 2 aromatic carbocycles. The van der Waals surface area contributed by atoms with Gasteiger partial charge in [-0.1, -0.05) is 12.1 Å². The minimum absolute atomic E-state index is 0.0805. The van der Waals surface area contributed by atoms with Crippen LogP contribution in [0.1, 0.15) is 11.1 Å². The van der Waals surface area contributed by atoms with E-state index in [0.717, 1.165) is 4.90 Å². The smallest absolute Gasteiger partial charge is 0.243 e. The number of hydrogen-bond acceptors (Lipinski definition) is 3. The maximum absolute atomic E-state index is 13.1. The standard InChI is InChI=1S/C19H21FN2O2S/c1-13-7-8-17(9-14(13)2)25-12-19(24)22(3)11-18(23)21-16-6-4-5-15(20)10-16/h4-10H,11-12H2,1-3H3,(H,21,23). The predicted molar refractivity (Wildman–Crippen MR) is 99.3 cm³/mol. The third kappa shape index (κ3) is 5.90. The molecule has 2 amide bonds. The lowest BCUT2D eigenvalue weighted by Gasteiger charge is -2.17. The van der Waals surface area contributed by atoms with Crippen molar-refractivity contribution < 1.29 is 14.0 Å². The van der Waals surface area contributed by atoms with Crippen molar-refractivity contribution >= 4 is 29.3 Å². The molecule has 0 aliphatic heterocycles. The summed E-state index contributed by atoms with van der Waals surface area (Å²) < 4.78 is 13.1. The van der Waals surface area contributed by atoms with E-state index in [1.807, 2.05) is 32.0 Å². The summed E-state index contributed by atoms with van der Waals surface area (Å²) in [5.74, 6) is -0.672. The SMILES string of the molecule is Cc1ccc(SCC(=O)N(C)CC(=O)Nc2cccc(F)c2)cc1C. The molecule has 25 heavy (non-hydrogen) atoms. The van der Waals surface area contributed by atoms with Crippen molar-refractivity contribution in [2.24, 2.45) is 0 Å². The molecule has 0 heterocycles. The third-order valence-electron chi connectivity index (χ3n) is 3.76. The number of nitrogens with zero attached hydrogens (tertiary/aromatic N) is 1. The molecule has 0 fully saturated rings. The van der Waals surface area contributed by atoms with Crippen molar-refractivity contribution in [2.75, 3.05) is 24.7 Å². The van der Waals surface area contributed by atoms with Gasteiger partial charge in [0.15, 0.2) is 0 Å². The van der Waals surface area contributed by atoms with Gasteiger partial charge in [-0.25, -0.2) is 4.39 Å². The number of hydrogen-bond donors (Lipinski definition) is 1. The zero-order valence-corrected chi connectivity index (χ0v) is 15.3. The molecule has 0 radical (unpaired) electrons. The van der Waals surface area contributed by atoms with Crippen LogP contribution in [0.15, 0.2) is 47.4 Å². The van der Waals surface area contributed by atoms with Gasteiger partial charge in [-0.15, -0.1) is 11.8 Å². The molecule has 0 bridgehead atoms. The average Bonchev–Trinajstić information content (AvgIpc) is 2.55. The number of carbonyl (C=O) groups excluding carboxylic acids is 2. The summed E-state index contributed by atoms with van der Waals surface area (Å²) in [6.07, 6.45) is 0. The number of likely N-dealkylation sites (N-methyl/N-ethyl adjacent to an activating group) is 1. The first-order valence-corrected chi connectivity index (χ1v) is 8.83. The highest BCUT2D eigenvalue weighted by molar-refractivity contribution is 8.00. The number of benzene rings is 2. The number of nitrogens with one attached hydrogen (secondary N) is 1. The van der Waals surface area contributed by atoms with Crippen LogP contribution in [0, 0.1) is 19.7 Å². The van der Waals surface area contributed by atoms with Crippen LogP contribution < -0.4 is 5.32 Å². The van der Waals surface area contributed by atoms with Gasteiger partial charge in [-0.3, -0.25) is 9.59 Å². The van der Waals surface area contributed by atoms with Crippen LogP contribution in [0.2, 0.25) is 0 Å². The fourth-order valence-corrected chi connectivity index (χ4v) is 3.06. The number of anilines is 1. The molecule has 0 aliphatic rings. The first-order chi connectivity index (χ1) is 11.8. The van der Waals surface area contributed by atoms with Crippen LogP contribution in [0.5, 0.6) is 0 Å². The second kappa shape index (κ2) is 8.67. The van der Waals surface area contributed by atoms with Crippen LogP contribution in [-0.2, 0) is 9.59 Å². The minimum Gasteiger partial charge on any atom is -0.336 e. The number of aryl methyl sites for hydroxylation is 2. The Morgan fingerprint density at radius 3 is 2.56 bits per heavy atom. The van der Waals surface area contributed by atoms with Crippen molar-refractivity contribution in [2.45, 2.75) is 18.7 Å². The molecule has 0 spiro atoms. The number of rotatable bonds is 6. The Balaban J connectivity index is 1.82. The Kier molecular flexibility index (Phi) is 6.58. The predicted octanol–water partition coefficient (Wildman–Crippen LogP) is 3.63. The maximum atomic E-state index is 13.1. The highest BCUT2D eigenvalue weighted by Crippen LogP contribution is 2.21. The van der Waals surface area contributed by atoms with Gasteiger partial charge in [-0.2, -0.15) is 0 Å². The monoisotopic (exact) mass is 360 g/mol. The zero-order valence-electron chi connectivity index (χ0n) is 14.5. The topological polar surface area (TPSA) is 49.4 Å². The van der Waals surface area contributed by atoms with Gasteiger partial charge in [0.1, 0.15) is 5.82 Å². The summed E-state index contributed by atoms with van der Waals surface area (Å²) in [6.45, 7) is 3.99. The molecule has 4 nitrogen and oxygen atoms in total.